The summed E-state index contributed by atoms with van der Waals surface area (Å²) in [6.45, 7) is 0.403. The van der Waals surface area contributed by atoms with Crippen LogP contribution in [0.1, 0.15) is 50.5 Å². The molecule has 10 nitrogen and oxygen atoms in total. The van der Waals surface area contributed by atoms with Crippen LogP contribution in [0.5, 0.6) is 5.75 Å². The molecule has 2 aromatic rings. The SMILES string of the molecule is COC(=O)[C@@H]1C[C@@H]2CN1C(=O)[C@H](C1CCCCC1)NC(=O)Cc1cccc(c1)OCCCN2S(=O)(=O)c1ccccc1. The third kappa shape index (κ3) is 6.62. The molecule has 1 saturated heterocycles. The summed E-state index contributed by atoms with van der Waals surface area (Å²) in [5.41, 5.74) is 0.744. The van der Waals surface area contributed by atoms with Gasteiger partial charge in [0.1, 0.15) is 17.8 Å². The molecule has 3 aliphatic rings. The molecule has 1 saturated carbocycles. The standard InChI is InChI=1S/C31H39N3O7S/c1-40-31(37)27-20-24-21-33(27)30(36)29(23-11-4-2-5-12-23)32-28(35)19-22-10-8-13-25(18-22)41-17-9-16-34(24)42(38,39)26-14-6-3-7-15-26/h3,6-8,10,13-15,18,23-24,27,29H,2,4-5,9,11-12,16-17,19-21H2,1H3,(H,32,35)/t24-,27+,29+/m1/s1. The second kappa shape index (κ2) is 13.2. The van der Waals surface area contributed by atoms with Crippen molar-refractivity contribution >= 4 is 27.8 Å². The minimum absolute atomic E-state index is 0.0175. The molecule has 2 heterocycles. The first-order valence-electron chi connectivity index (χ1n) is 14.7. The van der Waals surface area contributed by atoms with Crippen LogP contribution in [0.3, 0.4) is 0 Å². The van der Waals surface area contributed by atoms with Crippen molar-refractivity contribution in [2.45, 2.75) is 74.4 Å². The Balaban J connectivity index is 1.54. The van der Waals surface area contributed by atoms with Crippen LogP contribution in [0, 0.1) is 5.92 Å². The van der Waals surface area contributed by atoms with Gasteiger partial charge in [0.15, 0.2) is 0 Å². The Morgan fingerprint density at radius 2 is 1.76 bits per heavy atom. The van der Waals surface area contributed by atoms with E-state index in [0.29, 0.717) is 12.2 Å². The van der Waals surface area contributed by atoms with Crippen LogP contribution >= 0.6 is 0 Å². The first-order valence-corrected chi connectivity index (χ1v) is 16.2. The van der Waals surface area contributed by atoms with Gasteiger partial charge in [-0.3, -0.25) is 9.59 Å². The van der Waals surface area contributed by atoms with Crippen molar-refractivity contribution in [2.75, 3.05) is 26.8 Å². The third-order valence-electron chi connectivity index (χ3n) is 8.55. The lowest BCUT2D eigenvalue weighted by Crippen LogP contribution is -2.55. The second-order valence-electron chi connectivity index (χ2n) is 11.3. The van der Waals surface area contributed by atoms with E-state index in [9.17, 15) is 22.8 Å². The highest BCUT2D eigenvalue weighted by Gasteiger charge is 2.48. The summed E-state index contributed by atoms with van der Waals surface area (Å²) >= 11 is 0. The molecule has 4 bridgehead atoms. The smallest absolute Gasteiger partial charge is 0.328 e. The highest BCUT2D eigenvalue weighted by atomic mass is 32.2. The van der Waals surface area contributed by atoms with Gasteiger partial charge in [0, 0.05) is 19.1 Å². The number of methoxy groups -OCH3 is 1. The van der Waals surface area contributed by atoms with Gasteiger partial charge in [-0.2, -0.15) is 4.31 Å². The molecule has 1 aliphatic carbocycles. The van der Waals surface area contributed by atoms with Gasteiger partial charge in [-0.25, -0.2) is 13.2 Å². The molecule has 2 aliphatic heterocycles. The number of hydrogen-bond donors (Lipinski definition) is 1. The zero-order valence-electron chi connectivity index (χ0n) is 23.9. The van der Waals surface area contributed by atoms with E-state index in [1.165, 1.54) is 16.3 Å². The average Bonchev–Trinajstić information content (AvgIpc) is 3.44. The molecule has 42 heavy (non-hydrogen) atoms. The molecular formula is C31H39N3O7S. The number of nitrogens with zero attached hydrogens (tertiary/aromatic N) is 2. The van der Waals surface area contributed by atoms with Crippen molar-refractivity contribution < 1.29 is 32.3 Å². The average molecular weight is 598 g/mol. The molecule has 1 N–H and O–H groups in total. The van der Waals surface area contributed by atoms with E-state index >= 15 is 0 Å². The Kier molecular flexibility index (Phi) is 9.47. The number of esters is 1. The monoisotopic (exact) mass is 597 g/mol. The van der Waals surface area contributed by atoms with E-state index in [0.717, 1.165) is 37.7 Å². The first-order chi connectivity index (χ1) is 20.3. The van der Waals surface area contributed by atoms with Gasteiger partial charge < -0.3 is 19.7 Å². The van der Waals surface area contributed by atoms with Crippen molar-refractivity contribution in [3.05, 3.63) is 60.2 Å². The Labute approximate surface area is 247 Å². The zero-order valence-corrected chi connectivity index (χ0v) is 24.8. The minimum Gasteiger partial charge on any atom is -0.494 e. The molecule has 0 aromatic heterocycles. The van der Waals surface area contributed by atoms with Gasteiger partial charge in [0.25, 0.3) is 0 Å². The topological polar surface area (TPSA) is 122 Å². The normalized spacial score (nSPS) is 25.0. The summed E-state index contributed by atoms with van der Waals surface area (Å²) in [6.07, 6.45) is 5.11. The summed E-state index contributed by atoms with van der Waals surface area (Å²) in [4.78, 5) is 42.2. The van der Waals surface area contributed by atoms with Gasteiger partial charge in [-0.05, 0) is 61.4 Å². The van der Waals surface area contributed by atoms with Crippen LogP contribution in [0.25, 0.3) is 0 Å². The lowest BCUT2D eigenvalue weighted by Gasteiger charge is -2.34. The highest BCUT2D eigenvalue weighted by molar-refractivity contribution is 7.89. The first kappa shape index (κ1) is 30.0. The summed E-state index contributed by atoms with van der Waals surface area (Å²) in [5, 5.41) is 3.00. The molecule has 5 rings (SSSR count). The minimum atomic E-state index is -3.97. The zero-order chi connectivity index (χ0) is 29.7. The molecular weight excluding hydrogens is 558 g/mol. The fourth-order valence-corrected chi connectivity index (χ4v) is 8.13. The maximum absolute atomic E-state index is 14.3. The van der Waals surface area contributed by atoms with E-state index in [1.807, 2.05) is 12.1 Å². The number of carbonyl (C=O) groups excluding carboxylic acids is 3. The number of amides is 2. The third-order valence-corrected chi connectivity index (χ3v) is 10.5. The van der Waals surface area contributed by atoms with Crippen molar-refractivity contribution in [3.63, 3.8) is 0 Å². The largest absolute Gasteiger partial charge is 0.494 e. The molecule has 3 atom stereocenters. The van der Waals surface area contributed by atoms with Crippen LogP contribution in [0.2, 0.25) is 0 Å². The van der Waals surface area contributed by atoms with Crippen molar-refractivity contribution in [1.29, 1.82) is 0 Å². The van der Waals surface area contributed by atoms with Crippen LogP contribution < -0.4 is 10.1 Å². The van der Waals surface area contributed by atoms with E-state index < -0.39 is 34.1 Å². The fourth-order valence-electron chi connectivity index (χ4n) is 6.45. The predicted octanol–water partition coefficient (Wildman–Crippen LogP) is 2.91. The van der Waals surface area contributed by atoms with Crippen molar-refractivity contribution in [3.8, 4) is 5.75 Å². The van der Waals surface area contributed by atoms with Crippen LogP contribution in [-0.4, -0.2) is 80.3 Å². The van der Waals surface area contributed by atoms with Crippen LogP contribution in [-0.2, 0) is 35.6 Å². The van der Waals surface area contributed by atoms with Crippen molar-refractivity contribution in [2.24, 2.45) is 5.92 Å². The Hall–Kier alpha value is -3.44. The second-order valence-corrected chi connectivity index (χ2v) is 13.2. The number of benzene rings is 2. The van der Waals surface area contributed by atoms with E-state index in [1.54, 1.807) is 42.5 Å². The lowest BCUT2D eigenvalue weighted by atomic mass is 9.83. The summed E-state index contributed by atoms with van der Waals surface area (Å²) < 4.78 is 40.3. The number of rotatable bonds is 4. The Bertz CT molecular complexity index is 1380. The highest BCUT2D eigenvalue weighted by Crippen LogP contribution is 2.32. The van der Waals surface area contributed by atoms with Gasteiger partial charge in [-0.15, -0.1) is 0 Å². The van der Waals surface area contributed by atoms with Gasteiger partial charge in [0.05, 0.1) is 25.0 Å². The molecule has 11 heteroatoms. The molecule has 0 unspecified atom stereocenters. The van der Waals surface area contributed by atoms with Gasteiger partial charge >= 0.3 is 5.97 Å². The molecule has 226 valence electrons. The molecule has 0 radical (unpaired) electrons. The number of fused-ring (bicyclic) bond motifs is 4. The van der Waals surface area contributed by atoms with Crippen molar-refractivity contribution in [1.82, 2.24) is 14.5 Å². The summed E-state index contributed by atoms with van der Waals surface area (Å²) in [5.74, 6) is -0.752. The lowest BCUT2D eigenvalue weighted by molar-refractivity contribution is -0.152. The number of sulfonamides is 1. The fraction of sp³-hybridized carbons (Fsp3) is 0.516. The summed E-state index contributed by atoms with van der Waals surface area (Å²) in [6, 6.07) is 12.9. The van der Waals surface area contributed by atoms with E-state index in [2.05, 4.69) is 5.32 Å². The number of carbonyl (C=O) groups is 3. The van der Waals surface area contributed by atoms with Crippen LogP contribution in [0.4, 0.5) is 0 Å². The van der Waals surface area contributed by atoms with E-state index in [-0.39, 0.29) is 55.2 Å². The molecule has 2 amide bonds. The van der Waals surface area contributed by atoms with Crippen LogP contribution in [0.15, 0.2) is 59.5 Å². The Morgan fingerprint density at radius 3 is 2.50 bits per heavy atom. The molecule has 2 fully saturated rings. The molecule has 2 aromatic carbocycles. The quantitative estimate of drug-likeness (QED) is 0.538. The van der Waals surface area contributed by atoms with E-state index in [4.69, 9.17) is 9.47 Å². The Morgan fingerprint density at radius 1 is 1.00 bits per heavy atom. The maximum Gasteiger partial charge on any atom is 0.328 e. The predicted molar refractivity (Wildman–Crippen MR) is 155 cm³/mol. The number of ether oxygens (including phenoxy) is 2. The van der Waals surface area contributed by atoms with Gasteiger partial charge in [-0.1, -0.05) is 49.6 Å². The summed E-state index contributed by atoms with van der Waals surface area (Å²) in [7, 11) is -2.71. The maximum atomic E-state index is 14.3. The van der Waals surface area contributed by atoms with Gasteiger partial charge in [0.2, 0.25) is 21.8 Å². The number of hydrogen-bond acceptors (Lipinski definition) is 7. The number of nitrogens with one attached hydrogen (secondary N) is 1. The molecule has 0 spiro atoms.